The minimum Gasteiger partial charge on any atom is -0.330 e. The van der Waals surface area contributed by atoms with Crippen molar-refractivity contribution >= 4 is 17.2 Å². The number of rotatable bonds is 5. The third-order valence-corrected chi connectivity index (χ3v) is 4.21. The van der Waals surface area contributed by atoms with Gasteiger partial charge in [0.15, 0.2) is 0 Å². The Morgan fingerprint density at radius 2 is 2.15 bits per heavy atom. The van der Waals surface area contributed by atoms with Crippen LogP contribution in [0.1, 0.15) is 41.7 Å². The molecule has 4 heteroatoms. The summed E-state index contributed by atoms with van der Waals surface area (Å²) in [7, 11) is 0. The molecule has 1 amide bonds. The zero-order valence-corrected chi connectivity index (χ0v) is 13.0. The summed E-state index contributed by atoms with van der Waals surface area (Å²) in [6.45, 7) is 6.72. The minimum absolute atomic E-state index is 0.109. The van der Waals surface area contributed by atoms with Gasteiger partial charge < -0.3 is 4.90 Å². The highest BCUT2D eigenvalue weighted by atomic mass is 32.1. The van der Waals surface area contributed by atoms with Crippen LogP contribution in [0.3, 0.4) is 0 Å². The van der Waals surface area contributed by atoms with E-state index < -0.39 is 0 Å². The molecule has 106 valence electrons. The fraction of sp³-hybridized carbons (Fsp3) is 0.375. The lowest BCUT2D eigenvalue weighted by Crippen LogP contribution is -2.36. The van der Waals surface area contributed by atoms with Gasteiger partial charge in [-0.3, -0.25) is 9.78 Å². The molecule has 2 rings (SSSR count). The van der Waals surface area contributed by atoms with Crippen molar-refractivity contribution in [1.82, 2.24) is 9.88 Å². The second-order valence-corrected chi connectivity index (χ2v) is 5.89. The Hall–Kier alpha value is -1.68. The molecule has 0 aliphatic carbocycles. The topological polar surface area (TPSA) is 33.2 Å². The highest BCUT2D eigenvalue weighted by Gasteiger charge is 2.22. The zero-order chi connectivity index (χ0) is 14.5. The van der Waals surface area contributed by atoms with Crippen molar-refractivity contribution in [2.24, 2.45) is 0 Å². The first-order chi connectivity index (χ1) is 9.63. The lowest BCUT2D eigenvalue weighted by Gasteiger charge is -2.26. The van der Waals surface area contributed by atoms with Crippen molar-refractivity contribution < 1.29 is 4.79 Å². The van der Waals surface area contributed by atoms with Crippen LogP contribution >= 0.6 is 11.3 Å². The Balaban J connectivity index is 2.23. The maximum Gasteiger partial charge on any atom is 0.264 e. The van der Waals surface area contributed by atoms with Gasteiger partial charge in [0.05, 0.1) is 17.1 Å². The van der Waals surface area contributed by atoms with E-state index in [1.807, 2.05) is 48.4 Å². The van der Waals surface area contributed by atoms with E-state index in [1.54, 1.807) is 6.20 Å². The van der Waals surface area contributed by atoms with Crippen LogP contribution in [0.2, 0.25) is 0 Å². The Morgan fingerprint density at radius 1 is 1.35 bits per heavy atom. The van der Waals surface area contributed by atoms with E-state index in [0.717, 1.165) is 22.6 Å². The third kappa shape index (κ3) is 3.25. The van der Waals surface area contributed by atoms with Crippen molar-refractivity contribution in [3.8, 4) is 0 Å². The Bertz CT molecular complexity index is 563. The summed E-state index contributed by atoms with van der Waals surface area (Å²) in [6, 6.07) is 7.99. The molecule has 0 spiro atoms. The molecular formula is C16H20N2OS. The smallest absolute Gasteiger partial charge is 0.264 e. The molecule has 3 nitrogen and oxygen atoms in total. The van der Waals surface area contributed by atoms with Crippen molar-refractivity contribution in [1.29, 1.82) is 0 Å². The van der Waals surface area contributed by atoms with Crippen molar-refractivity contribution in [3.05, 3.63) is 52.0 Å². The molecule has 0 fully saturated rings. The molecule has 20 heavy (non-hydrogen) atoms. The van der Waals surface area contributed by atoms with Crippen LogP contribution in [0, 0.1) is 0 Å². The molecule has 0 aromatic carbocycles. The first-order valence-electron chi connectivity index (χ1n) is 6.90. The highest BCUT2D eigenvalue weighted by Crippen LogP contribution is 2.21. The van der Waals surface area contributed by atoms with E-state index in [2.05, 4.69) is 11.9 Å². The molecule has 0 N–H and O–H groups in total. The lowest BCUT2D eigenvalue weighted by atomic mass is 10.1. The Kier molecular flexibility index (Phi) is 4.90. The summed E-state index contributed by atoms with van der Waals surface area (Å²) < 4.78 is 0. The summed E-state index contributed by atoms with van der Waals surface area (Å²) >= 11 is 1.53. The molecule has 2 heterocycles. The van der Waals surface area contributed by atoms with Crippen molar-refractivity contribution in [2.45, 2.75) is 39.8 Å². The van der Waals surface area contributed by atoms with E-state index >= 15 is 0 Å². The van der Waals surface area contributed by atoms with Gasteiger partial charge in [0.25, 0.3) is 5.91 Å². The second kappa shape index (κ2) is 6.66. The molecule has 0 bridgehead atoms. The van der Waals surface area contributed by atoms with E-state index in [1.165, 1.54) is 11.3 Å². The Morgan fingerprint density at radius 3 is 2.75 bits per heavy atom. The summed E-state index contributed by atoms with van der Waals surface area (Å²) in [6.07, 6.45) is 2.65. The summed E-state index contributed by atoms with van der Waals surface area (Å²) in [5.41, 5.74) is 2.05. The average molecular weight is 288 g/mol. The number of aromatic nitrogens is 1. The van der Waals surface area contributed by atoms with Crippen LogP contribution in [0.5, 0.6) is 0 Å². The molecule has 0 saturated heterocycles. The van der Waals surface area contributed by atoms with E-state index in [4.69, 9.17) is 0 Å². The summed E-state index contributed by atoms with van der Waals surface area (Å²) in [5, 5.41) is 1.99. The van der Waals surface area contributed by atoms with Gasteiger partial charge in [-0.05, 0) is 49.4 Å². The second-order valence-electron chi connectivity index (χ2n) is 4.98. The van der Waals surface area contributed by atoms with Gasteiger partial charge in [0.2, 0.25) is 0 Å². The van der Waals surface area contributed by atoms with Gasteiger partial charge in [-0.1, -0.05) is 13.0 Å². The number of amides is 1. The number of carbonyl (C=O) groups is 1. The summed E-state index contributed by atoms with van der Waals surface area (Å²) in [4.78, 5) is 19.8. The molecule has 0 atom stereocenters. The number of aryl methyl sites for hydroxylation is 1. The maximum atomic E-state index is 12.7. The van der Waals surface area contributed by atoms with Crippen molar-refractivity contribution in [3.63, 3.8) is 0 Å². The van der Waals surface area contributed by atoms with Crippen molar-refractivity contribution in [2.75, 3.05) is 0 Å². The monoisotopic (exact) mass is 288 g/mol. The number of nitrogens with zero attached hydrogens (tertiary/aromatic N) is 2. The first-order valence-corrected chi connectivity index (χ1v) is 7.78. The van der Waals surface area contributed by atoms with Gasteiger partial charge in [-0.25, -0.2) is 0 Å². The van der Waals surface area contributed by atoms with Crippen LogP contribution in [-0.2, 0) is 13.0 Å². The normalized spacial score (nSPS) is 10.8. The van der Waals surface area contributed by atoms with Crippen LogP contribution < -0.4 is 0 Å². The van der Waals surface area contributed by atoms with Gasteiger partial charge in [0.1, 0.15) is 0 Å². The third-order valence-electron chi connectivity index (χ3n) is 3.26. The van der Waals surface area contributed by atoms with E-state index in [0.29, 0.717) is 6.54 Å². The zero-order valence-electron chi connectivity index (χ0n) is 12.2. The molecule has 0 aliphatic rings. The van der Waals surface area contributed by atoms with Gasteiger partial charge in [-0.2, -0.15) is 0 Å². The molecule has 0 radical (unpaired) electrons. The molecular weight excluding hydrogens is 268 g/mol. The van der Waals surface area contributed by atoms with E-state index in [-0.39, 0.29) is 11.9 Å². The van der Waals surface area contributed by atoms with Crippen LogP contribution in [0.4, 0.5) is 0 Å². The number of carbonyl (C=O) groups excluding carboxylic acids is 1. The molecule has 2 aromatic rings. The minimum atomic E-state index is 0.109. The number of pyridine rings is 1. The van der Waals surface area contributed by atoms with Gasteiger partial charge in [-0.15, -0.1) is 11.3 Å². The fourth-order valence-corrected chi connectivity index (χ4v) is 3.04. The lowest BCUT2D eigenvalue weighted by molar-refractivity contribution is 0.0692. The predicted octanol–water partition coefficient (Wildman–Crippen LogP) is 3.76. The molecule has 0 unspecified atom stereocenters. The average Bonchev–Trinajstić information content (AvgIpc) is 2.93. The van der Waals surface area contributed by atoms with Crippen LogP contribution in [0.15, 0.2) is 35.8 Å². The summed E-state index contributed by atoms with van der Waals surface area (Å²) in [5.74, 6) is 0.109. The Labute approximate surface area is 124 Å². The van der Waals surface area contributed by atoms with Crippen LogP contribution in [0.25, 0.3) is 0 Å². The number of thiophene rings is 1. The highest BCUT2D eigenvalue weighted by molar-refractivity contribution is 7.12. The quantitative estimate of drug-likeness (QED) is 0.839. The largest absolute Gasteiger partial charge is 0.330 e. The molecule has 0 saturated carbocycles. The van der Waals surface area contributed by atoms with E-state index in [9.17, 15) is 4.79 Å². The molecule has 0 aliphatic heterocycles. The predicted molar refractivity (Wildman–Crippen MR) is 82.9 cm³/mol. The van der Waals surface area contributed by atoms with Crippen LogP contribution in [-0.4, -0.2) is 21.8 Å². The SMILES string of the molecule is CCc1ccsc1C(=O)N(Cc1ccccn1)C(C)C. The first kappa shape index (κ1) is 14.7. The standard InChI is InChI=1S/C16H20N2OS/c1-4-13-8-10-20-15(13)16(19)18(12(2)3)11-14-7-5-6-9-17-14/h5-10,12H,4,11H2,1-3H3. The fourth-order valence-electron chi connectivity index (χ4n) is 2.09. The number of hydrogen-bond donors (Lipinski definition) is 0. The maximum absolute atomic E-state index is 12.7. The molecule has 2 aromatic heterocycles. The van der Waals surface area contributed by atoms with Gasteiger partial charge >= 0.3 is 0 Å². The number of hydrogen-bond acceptors (Lipinski definition) is 3. The van der Waals surface area contributed by atoms with Gasteiger partial charge in [0, 0.05) is 12.2 Å².